The molecule has 0 aliphatic carbocycles. The van der Waals surface area contributed by atoms with E-state index in [0.717, 1.165) is 35.4 Å². The van der Waals surface area contributed by atoms with Crippen molar-refractivity contribution in [3.8, 4) is 22.9 Å². The van der Waals surface area contributed by atoms with Crippen molar-refractivity contribution in [1.29, 1.82) is 0 Å². The fraction of sp³-hybridized carbons (Fsp3) is 0.290. The SMILES string of the molecule is OC(c1ccc(OC(F)(F)F)cc1)(c1ccc(OC(F)(F)F)cc1)C1CCN(Cc2ccc(-c3ncccn3)cc2)CC1. The van der Waals surface area contributed by atoms with E-state index in [1.807, 2.05) is 24.3 Å². The van der Waals surface area contributed by atoms with Crippen molar-refractivity contribution >= 4 is 0 Å². The maximum atomic E-state index is 12.7. The second-order valence-corrected chi connectivity index (χ2v) is 10.2. The van der Waals surface area contributed by atoms with Crippen LogP contribution in [0.25, 0.3) is 11.4 Å². The summed E-state index contributed by atoms with van der Waals surface area (Å²) in [4.78, 5) is 10.7. The first kappa shape index (κ1) is 30.3. The Balaban J connectivity index is 1.33. The van der Waals surface area contributed by atoms with Crippen LogP contribution >= 0.6 is 0 Å². The lowest BCUT2D eigenvalue weighted by molar-refractivity contribution is -0.275. The van der Waals surface area contributed by atoms with E-state index in [1.54, 1.807) is 18.5 Å². The maximum Gasteiger partial charge on any atom is 0.573 e. The zero-order valence-corrected chi connectivity index (χ0v) is 22.6. The van der Waals surface area contributed by atoms with Gasteiger partial charge in [0.15, 0.2) is 5.82 Å². The van der Waals surface area contributed by atoms with E-state index in [2.05, 4.69) is 24.3 Å². The topological polar surface area (TPSA) is 67.7 Å². The lowest BCUT2D eigenvalue weighted by atomic mass is 9.72. The van der Waals surface area contributed by atoms with E-state index >= 15 is 0 Å². The summed E-state index contributed by atoms with van der Waals surface area (Å²) in [6.07, 6.45) is -5.36. The molecule has 0 atom stereocenters. The van der Waals surface area contributed by atoms with Gasteiger partial charge in [-0.15, -0.1) is 26.3 Å². The van der Waals surface area contributed by atoms with E-state index in [4.69, 9.17) is 0 Å². The van der Waals surface area contributed by atoms with Gasteiger partial charge in [0.25, 0.3) is 0 Å². The van der Waals surface area contributed by atoms with Crippen LogP contribution in [0, 0.1) is 5.92 Å². The maximum absolute atomic E-state index is 12.7. The Morgan fingerprint density at radius 3 is 1.60 bits per heavy atom. The minimum Gasteiger partial charge on any atom is -0.406 e. The summed E-state index contributed by atoms with van der Waals surface area (Å²) in [7, 11) is 0. The van der Waals surface area contributed by atoms with Gasteiger partial charge in [-0.25, -0.2) is 9.97 Å². The van der Waals surface area contributed by atoms with Crippen LogP contribution in [0.5, 0.6) is 11.5 Å². The number of benzene rings is 3. The number of piperidine rings is 1. The van der Waals surface area contributed by atoms with E-state index < -0.39 is 29.8 Å². The van der Waals surface area contributed by atoms with E-state index in [1.165, 1.54) is 24.3 Å². The van der Waals surface area contributed by atoms with Gasteiger partial charge in [-0.2, -0.15) is 0 Å². The summed E-state index contributed by atoms with van der Waals surface area (Å²) in [5.74, 6) is -0.658. The van der Waals surface area contributed by atoms with Gasteiger partial charge < -0.3 is 14.6 Å². The first-order valence-corrected chi connectivity index (χ1v) is 13.4. The highest BCUT2D eigenvalue weighted by Gasteiger charge is 2.42. The molecule has 4 aromatic rings. The molecule has 0 unspecified atom stereocenters. The van der Waals surface area contributed by atoms with Gasteiger partial charge in [0.05, 0.1) is 0 Å². The van der Waals surface area contributed by atoms with Crippen molar-refractivity contribution in [1.82, 2.24) is 14.9 Å². The molecule has 12 heteroatoms. The van der Waals surface area contributed by atoms with Crippen LogP contribution < -0.4 is 9.47 Å². The van der Waals surface area contributed by atoms with Gasteiger partial charge >= 0.3 is 12.7 Å². The van der Waals surface area contributed by atoms with E-state index in [9.17, 15) is 31.4 Å². The minimum atomic E-state index is -4.88. The minimum absolute atomic E-state index is 0.295. The Morgan fingerprint density at radius 2 is 1.16 bits per heavy atom. The average molecular weight is 604 g/mol. The molecule has 3 aromatic carbocycles. The van der Waals surface area contributed by atoms with Gasteiger partial charge in [0, 0.05) is 24.5 Å². The number of alkyl halides is 6. The number of nitrogens with zero attached hydrogens (tertiary/aromatic N) is 3. The van der Waals surface area contributed by atoms with Crippen LogP contribution in [-0.2, 0) is 12.1 Å². The lowest BCUT2D eigenvalue weighted by Gasteiger charge is -2.42. The van der Waals surface area contributed by atoms with E-state index in [0.29, 0.717) is 49.4 Å². The number of hydrogen-bond donors (Lipinski definition) is 1. The Morgan fingerprint density at radius 1 is 0.698 bits per heavy atom. The molecule has 0 spiro atoms. The molecule has 5 rings (SSSR count). The first-order chi connectivity index (χ1) is 20.4. The van der Waals surface area contributed by atoms with Crippen LogP contribution in [0.3, 0.4) is 0 Å². The first-order valence-electron chi connectivity index (χ1n) is 13.4. The third-order valence-corrected chi connectivity index (χ3v) is 7.42. The Bertz CT molecular complexity index is 1410. The summed E-state index contributed by atoms with van der Waals surface area (Å²) in [5.41, 5.74) is 0.865. The fourth-order valence-electron chi connectivity index (χ4n) is 5.43. The van der Waals surface area contributed by atoms with Crippen LogP contribution in [-0.4, -0.2) is 45.8 Å². The predicted octanol–water partition coefficient (Wildman–Crippen LogP) is 7.09. The molecular formula is C31H27F6N3O3. The van der Waals surface area contributed by atoms with Gasteiger partial charge in [0.2, 0.25) is 0 Å². The summed E-state index contributed by atoms with van der Waals surface area (Å²) in [6, 6.07) is 19.4. The fourth-order valence-corrected chi connectivity index (χ4v) is 5.43. The molecule has 1 aromatic heterocycles. The van der Waals surface area contributed by atoms with Crippen molar-refractivity contribution < 1.29 is 40.9 Å². The number of hydrogen-bond acceptors (Lipinski definition) is 6. The molecule has 2 heterocycles. The highest BCUT2D eigenvalue weighted by atomic mass is 19.4. The highest BCUT2D eigenvalue weighted by molar-refractivity contribution is 5.54. The molecule has 1 aliphatic heterocycles. The molecule has 0 amide bonds. The second kappa shape index (κ2) is 12.2. The third kappa shape index (κ3) is 7.63. The third-order valence-electron chi connectivity index (χ3n) is 7.42. The zero-order valence-electron chi connectivity index (χ0n) is 22.6. The van der Waals surface area contributed by atoms with Gasteiger partial charge in [-0.1, -0.05) is 48.5 Å². The molecule has 226 valence electrons. The van der Waals surface area contributed by atoms with Crippen molar-refractivity contribution in [3.63, 3.8) is 0 Å². The Hall–Kier alpha value is -4.16. The van der Waals surface area contributed by atoms with Crippen molar-refractivity contribution in [2.24, 2.45) is 5.92 Å². The number of rotatable bonds is 8. The second-order valence-electron chi connectivity index (χ2n) is 10.2. The summed E-state index contributed by atoms with van der Waals surface area (Å²) in [5, 5.41) is 12.2. The lowest BCUT2D eigenvalue weighted by Crippen LogP contribution is -2.44. The number of likely N-dealkylation sites (tertiary alicyclic amines) is 1. The number of ether oxygens (including phenoxy) is 2. The monoisotopic (exact) mass is 603 g/mol. The molecule has 6 nitrogen and oxygen atoms in total. The smallest absolute Gasteiger partial charge is 0.406 e. The molecular weight excluding hydrogens is 576 g/mol. The summed E-state index contributed by atoms with van der Waals surface area (Å²) in [6.45, 7) is 1.89. The van der Waals surface area contributed by atoms with Crippen LogP contribution in [0.2, 0.25) is 0 Å². The van der Waals surface area contributed by atoms with Gasteiger partial charge in [0.1, 0.15) is 17.1 Å². The largest absolute Gasteiger partial charge is 0.573 e. The standard InChI is InChI=1S/C31H27F6N3O3/c32-30(33,34)42-26-10-6-23(7-11-26)29(41,24-8-12-27(13-9-24)43-31(35,36)37)25-14-18-40(19-15-25)20-21-2-4-22(5-3-21)28-38-16-1-17-39-28/h1-13,16-17,25,41H,14-15,18-20H2. The Labute approximate surface area is 243 Å². The van der Waals surface area contributed by atoms with Crippen molar-refractivity contribution in [2.75, 3.05) is 13.1 Å². The number of halogens is 6. The molecule has 1 fully saturated rings. The zero-order chi connectivity index (χ0) is 30.7. The van der Waals surface area contributed by atoms with Crippen molar-refractivity contribution in [2.45, 2.75) is 37.7 Å². The van der Waals surface area contributed by atoms with Crippen LogP contribution in [0.4, 0.5) is 26.3 Å². The van der Waals surface area contributed by atoms with Crippen LogP contribution in [0.1, 0.15) is 29.5 Å². The van der Waals surface area contributed by atoms with E-state index in [-0.39, 0.29) is 5.92 Å². The molecule has 0 radical (unpaired) electrons. The summed E-state index contributed by atoms with van der Waals surface area (Å²) >= 11 is 0. The van der Waals surface area contributed by atoms with Gasteiger partial charge in [-0.3, -0.25) is 4.90 Å². The normalized spacial score (nSPS) is 15.3. The van der Waals surface area contributed by atoms with Gasteiger partial charge in [-0.05, 0) is 78.9 Å². The Kier molecular flexibility index (Phi) is 8.61. The number of aromatic nitrogens is 2. The predicted molar refractivity (Wildman–Crippen MR) is 145 cm³/mol. The molecule has 0 saturated carbocycles. The summed E-state index contributed by atoms with van der Waals surface area (Å²) < 4.78 is 84.2. The molecule has 1 aliphatic rings. The van der Waals surface area contributed by atoms with Crippen molar-refractivity contribution in [3.05, 3.63) is 108 Å². The quantitative estimate of drug-likeness (QED) is 0.217. The molecule has 1 saturated heterocycles. The number of aliphatic hydroxyl groups is 1. The molecule has 43 heavy (non-hydrogen) atoms. The molecule has 1 N–H and O–H groups in total. The average Bonchev–Trinajstić information content (AvgIpc) is 2.97. The highest BCUT2D eigenvalue weighted by Crippen LogP contribution is 2.43. The molecule has 0 bridgehead atoms. The van der Waals surface area contributed by atoms with Crippen LogP contribution in [0.15, 0.2) is 91.3 Å².